The van der Waals surface area contributed by atoms with Gasteiger partial charge >= 0.3 is 0 Å². The molecule has 0 aliphatic rings. The summed E-state index contributed by atoms with van der Waals surface area (Å²) in [5, 5.41) is 12.7. The van der Waals surface area contributed by atoms with Gasteiger partial charge in [0, 0.05) is 29.7 Å². The fourth-order valence-electron chi connectivity index (χ4n) is 2.31. The van der Waals surface area contributed by atoms with Gasteiger partial charge in [0.25, 0.3) is 14.2 Å². The van der Waals surface area contributed by atoms with Gasteiger partial charge in [0.1, 0.15) is 5.69 Å². The highest BCUT2D eigenvalue weighted by atomic mass is 35.7. The number of rotatable bonds is 3. The van der Waals surface area contributed by atoms with Crippen molar-refractivity contribution < 1.29 is 8.42 Å². The standard InChI is InChI=1S/C12H12ClN5O2S/c1-3-18-11(14-15-12(18)21(13,19)20)10-8-6-4-5-7-9(8)17(2)16-10/h4-7H,3H2,1-2H3. The summed E-state index contributed by atoms with van der Waals surface area (Å²) >= 11 is 0. The summed E-state index contributed by atoms with van der Waals surface area (Å²) in [6.45, 7) is 2.16. The lowest BCUT2D eigenvalue weighted by atomic mass is 10.2. The van der Waals surface area contributed by atoms with Gasteiger partial charge < -0.3 is 0 Å². The van der Waals surface area contributed by atoms with Crippen molar-refractivity contribution >= 4 is 30.6 Å². The predicted molar refractivity (Wildman–Crippen MR) is 78.4 cm³/mol. The highest BCUT2D eigenvalue weighted by Crippen LogP contribution is 2.28. The van der Waals surface area contributed by atoms with E-state index in [2.05, 4.69) is 15.3 Å². The molecule has 0 fully saturated rings. The minimum Gasteiger partial charge on any atom is -0.296 e. The van der Waals surface area contributed by atoms with Gasteiger partial charge in [-0.3, -0.25) is 9.25 Å². The van der Waals surface area contributed by atoms with E-state index < -0.39 is 9.05 Å². The number of fused-ring (bicyclic) bond motifs is 1. The van der Waals surface area contributed by atoms with E-state index in [9.17, 15) is 8.42 Å². The lowest BCUT2D eigenvalue weighted by molar-refractivity contribution is 0.582. The second-order valence-corrected chi connectivity index (χ2v) is 6.94. The predicted octanol–water partition coefficient (Wildman–Crippen LogP) is 1.78. The molecule has 7 nitrogen and oxygen atoms in total. The first-order chi connectivity index (χ1) is 9.93. The SMILES string of the molecule is CCn1c(-c2nn(C)c3ccccc23)nnc1S(=O)(=O)Cl. The third-order valence-corrected chi connectivity index (χ3v) is 4.37. The maximum absolute atomic E-state index is 11.5. The number of nitrogens with zero attached hydrogens (tertiary/aromatic N) is 5. The topological polar surface area (TPSA) is 82.7 Å². The molecule has 1 aromatic carbocycles. The van der Waals surface area contributed by atoms with Crippen LogP contribution in [0.2, 0.25) is 0 Å². The van der Waals surface area contributed by atoms with E-state index in [4.69, 9.17) is 10.7 Å². The molecule has 0 saturated carbocycles. The van der Waals surface area contributed by atoms with Crippen molar-refractivity contribution in [1.29, 1.82) is 0 Å². The molecule has 0 aliphatic carbocycles. The number of hydrogen-bond acceptors (Lipinski definition) is 5. The Labute approximate surface area is 125 Å². The van der Waals surface area contributed by atoms with E-state index >= 15 is 0 Å². The van der Waals surface area contributed by atoms with Crippen molar-refractivity contribution in [1.82, 2.24) is 24.5 Å². The number of para-hydroxylation sites is 1. The van der Waals surface area contributed by atoms with E-state index in [0.29, 0.717) is 18.1 Å². The molecular weight excluding hydrogens is 314 g/mol. The molecule has 21 heavy (non-hydrogen) atoms. The first-order valence-corrected chi connectivity index (χ1v) is 8.54. The van der Waals surface area contributed by atoms with Crippen LogP contribution >= 0.6 is 10.7 Å². The van der Waals surface area contributed by atoms with Crippen LogP contribution in [0.3, 0.4) is 0 Å². The normalized spacial score (nSPS) is 12.1. The highest BCUT2D eigenvalue weighted by Gasteiger charge is 2.24. The van der Waals surface area contributed by atoms with Crippen LogP contribution in [0, 0.1) is 0 Å². The third-order valence-electron chi connectivity index (χ3n) is 3.22. The second kappa shape index (κ2) is 4.81. The molecule has 0 saturated heterocycles. The summed E-state index contributed by atoms with van der Waals surface area (Å²) in [5.74, 6) is 0.383. The van der Waals surface area contributed by atoms with E-state index in [-0.39, 0.29) is 5.16 Å². The van der Waals surface area contributed by atoms with Crippen LogP contribution in [-0.4, -0.2) is 33.0 Å². The van der Waals surface area contributed by atoms with Crippen LogP contribution in [0.15, 0.2) is 29.4 Å². The molecule has 0 spiro atoms. The molecule has 110 valence electrons. The summed E-state index contributed by atoms with van der Waals surface area (Å²) in [6, 6.07) is 7.63. The maximum Gasteiger partial charge on any atom is 0.296 e. The van der Waals surface area contributed by atoms with Crippen LogP contribution in [0.4, 0.5) is 0 Å². The van der Waals surface area contributed by atoms with Gasteiger partial charge in [0.05, 0.1) is 5.52 Å². The molecule has 0 aliphatic heterocycles. The first kappa shape index (κ1) is 14.0. The minimum atomic E-state index is -3.95. The van der Waals surface area contributed by atoms with Gasteiger partial charge in [-0.2, -0.15) is 5.10 Å². The molecule has 3 aromatic rings. The van der Waals surface area contributed by atoms with Gasteiger partial charge in [-0.25, -0.2) is 8.42 Å². The van der Waals surface area contributed by atoms with E-state index in [1.54, 1.807) is 11.6 Å². The number of hydrogen-bond donors (Lipinski definition) is 0. The largest absolute Gasteiger partial charge is 0.296 e. The van der Waals surface area contributed by atoms with Gasteiger partial charge in [-0.05, 0) is 13.0 Å². The van der Waals surface area contributed by atoms with Crippen LogP contribution in [0.1, 0.15) is 6.92 Å². The summed E-state index contributed by atoms with van der Waals surface area (Å²) in [5.41, 5.74) is 1.50. The van der Waals surface area contributed by atoms with Crippen molar-refractivity contribution in [2.24, 2.45) is 7.05 Å². The molecule has 0 atom stereocenters. The lowest BCUT2D eigenvalue weighted by Crippen LogP contribution is -2.06. The molecular formula is C12H12ClN5O2S. The molecule has 3 rings (SSSR count). The van der Waals surface area contributed by atoms with Crippen molar-refractivity contribution in [3.8, 4) is 11.5 Å². The monoisotopic (exact) mass is 325 g/mol. The lowest BCUT2D eigenvalue weighted by Gasteiger charge is -2.03. The Morgan fingerprint density at radius 3 is 2.62 bits per heavy atom. The van der Waals surface area contributed by atoms with Gasteiger partial charge in [0.15, 0.2) is 5.82 Å². The molecule has 0 bridgehead atoms. The molecule has 0 unspecified atom stereocenters. The fraction of sp³-hybridized carbons (Fsp3) is 0.250. The third kappa shape index (κ3) is 2.20. The van der Waals surface area contributed by atoms with Crippen LogP contribution < -0.4 is 0 Å². The molecule has 2 heterocycles. The summed E-state index contributed by atoms with van der Waals surface area (Å²) < 4.78 is 26.2. The second-order valence-electron chi connectivity index (χ2n) is 4.48. The van der Waals surface area contributed by atoms with E-state index in [0.717, 1.165) is 10.9 Å². The highest BCUT2D eigenvalue weighted by molar-refractivity contribution is 8.13. The number of benzene rings is 1. The zero-order chi connectivity index (χ0) is 15.2. The molecule has 0 radical (unpaired) electrons. The maximum atomic E-state index is 11.5. The van der Waals surface area contributed by atoms with Crippen molar-refractivity contribution in [3.63, 3.8) is 0 Å². The summed E-state index contributed by atoms with van der Waals surface area (Å²) in [4.78, 5) is 0. The Morgan fingerprint density at radius 1 is 1.24 bits per heavy atom. The van der Waals surface area contributed by atoms with Crippen molar-refractivity contribution in [3.05, 3.63) is 24.3 Å². The van der Waals surface area contributed by atoms with Gasteiger partial charge in [-0.1, -0.05) is 18.2 Å². The van der Waals surface area contributed by atoms with Gasteiger partial charge in [0.2, 0.25) is 0 Å². The van der Waals surface area contributed by atoms with Crippen LogP contribution in [0.25, 0.3) is 22.4 Å². The zero-order valence-corrected chi connectivity index (χ0v) is 12.9. The number of halogens is 1. The first-order valence-electron chi connectivity index (χ1n) is 6.23. The Hall–Kier alpha value is -1.93. The smallest absolute Gasteiger partial charge is 0.296 e. The van der Waals surface area contributed by atoms with Crippen molar-refractivity contribution in [2.45, 2.75) is 18.6 Å². The molecule has 0 amide bonds. The number of aromatic nitrogens is 5. The quantitative estimate of drug-likeness (QED) is 0.685. The minimum absolute atomic E-state index is 0.267. The Bertz CT molecular complexity index is 928. The Balaban J connectivity index is 2.32. The molecule has 9 heteroatoms. The molecule has 2 aromatic heterocycles. The van der Waals surface area contributed by atoms with Crippen LogP contribution in [0.5, 0.6) is 0 Å². The van der Waals surface area contributed by atoms with Crippen LogP contribution in [-0.2, 0) is 22.6 Å². The summed E-state index contributed by atoms with van der Waals surface area (Å²) in [6.07, 6.45) is 0. The Kier molecular flexibility index (Phi) is 3.22. The average molecular weight is 326 g/mol. The molecule has 0 N–H and O–H groups in total. The van der Waals surface area contributed by atoms with Crippen molar-refractivity contribution in [2.75, 3.05) is 0 Å². The number of aryl methyl sites for hydroxylation is 1. The summed E-state index contributed by atoms with van der Waals surface area (Å²) in [7, 11) is 3.25. The Morgan fingerprint density at radius 2 is 1.95 bits per heavy atom. The fourth-order valence-corrected chi connectivity index (χ4v) is 3.27. The van der Waals surface area contributed by atoms with Gasteiger partial charge in [-0.15, -0.1) is 10.2 Å². The van der Waals surface area contributed by atoms with E-state index in [1.165, 1.54) is 4.57 Å². The van der Waals surface area contributed by atoms with E-state index in [1.807, 2.05) is 31.3 Å². The zero-order valence-electron chi connectivity index (χ0n) is 11.4. The average Bonchev–Trinajstić information content (AvgIpc) is 3.00.